The molecular formula is C21H15N7O2. The summed E-state index contributed by atoms with van der Waals surface area (Å²) < 4.78 is 1.63. The Morgan fingerprint density at radius 3 is 2.53 bits per heavy atom. The second-order valence-electron chi connectivity index (χ2n) is 6.48. The van der Waals surface area contributed by atoms with E-state index in [9.17, 15) is 9.59 Å². The van der Waals surface area contributed by atoms with Crippen molar-refractivity contribution in [2.75, 3.05) is 11.9 Å². The zero-order valence-electron chi connectivity index (χ0n) is 15.9. The molecule has 0 aliphatic heterocycles. The highest BCUT2D eigenvalue weighted by Crippen LogP contribution is 2.24. The van der Waals surface area contributed by atoms with Gasteiger partial charge in [0, 0.05) is 36.8 Å². The fourth-order valence-corrected chi connectivity index (χ4v) is 2.96. The molecule has 9 heteroatoms. The molecule has 4 rings (SSSR count). The molecule has 0 atom stereocenters. The molecule has 0 bridgehead atoms. The van der Waals surface area contributed by atoms with Crippen molar-refractivity contribution in [3.05, 3.63) is 77.9 Å². The molecule has 146 valence electrons. The number of hydrogen-bond acceptors (Lipinski definition) is 6. The van der Waals surface area contributed by atoms with Gasteiger partial charge in [-0.3, -0.25) is 19.5 Å². The highest BCUT2D eigenvalue weighted by Gasteiger charge is 2.17. The largest absolute Gasteiger partial charge is 0.366 e. The summed E-state index contributed by atoms with van der Waals surface area (Å²) in [5.74, 6) is -0.392. The fourth-order valence-electron chi connectivity index (χ4n) is 2.96. The third-order valence-electron chi connectivity index (χ3n) is 4.62. The SMILES string of the molecule is CN(C(=O)c1ccn2ncc(-c3ccc(C(N)=O)cn3)c2c1)c1ccc(C#N)cn1. The molecule has 4 heterocycles. The maximum atomic E-state index is 13.0. The molecule has 0 saturated heterocycles. The maximum absolute atomic E-state index is 13.0. The topological polar surface area (TPSA) is 130 Å². The van der Waals surface area contributed by atoms with E-state index in [1.165, 1.54) is 17.3 Å². The van der Waals surface area contributed by atoms with Crippen molar-refractivity contribution in [2.24, 2.45) is 5.73 Å². The lowest BCUT2D eigenvalue weighted by Gasteiger charge is -2.16. The van der Waals surface area contributed by atoms with Gasteiger partial charge in [-0.2, -0.15) is 10.4 Å². The standard InChI is InChI=1S/C21H15N7O2/c1-27(19-5-2-13(9-22)10-25-19)21(30)14-6-7-28-18(8-14)16(12-26-28)17-4-3-15(11-24-17)20(23)29/h2-8,10-12H,1H3,(H2,23,29). The van der Waals surface area contributed by atoms with Gasteiger partial charge in [-0.05, 0) is 36.4 Å². The average molecular weight is 397 g/mol. The van der Waals surface area contributed by atoms with Crippen LogP contribution in [0.25, 0.3) is 16.8 Å². The van der Waals surface area contributed by atoms with Crippen molar-refractivity contribution < 1.29 is 9.59 Å². The number of amides is 2. The molecular weight excluding hydrogens is 382 g/mol. The van der Waals surface area contributed by atoms with Crippen LogP contribution in [0.1, 0.15) is 26.3 Å². The third-order valence-corrected chi connectivity index (χ3v) is 4.62. The lowest BCUT2D eigenvalue weighted by Crippen LogP contribution is -2.27. The molecule has 0 aromatic carbocycles. The summed E-state index contributed by atoms with van der Waals surface area (Å²) in [5.41, 5.74) is 8.41. The average Bonchev–Trinajstić information content (AvgIpc) is 3.21. The van der Waals surface area contributed by atoms with Gasteiger partial charge in [0.25, 0.3) is 5.91 Å². The summed E-state index contributed by atoms with van der Waals surface area (Å²) in [4.78, 5) is 34.0. The van der Waals surface area contributed by atoms with Crippen LogP contribution in [-0.4, -0.2) is 38.4 Å². The van der Waals surface area contributed by atoms with Crippen molar-refractivity contribution in [3.8, 4) is 17.3 Å². The van der Waals surface area contributed by atoms with E-state index in [2.05, 4.69) is 15.1 Å². The summed E-state index contributed by atoms with van der Waals surface area (Å²) in [6.07, 6.45) is 6.14. The highest BCUT2D eigenvalue weighted by molar-refractivity contribution is 6.06. The zero-order chi connectivity index (χ0) is 21.3. The molecule has 0 saturated carbocycles. The van der Waals surface area contributed by atoms with Crippen LogP contribution in [0.4, 0.5) is 5.82 Å². The number of primary amides is 1. The Kier molecular flexibility index (Phi) is 4.66. The fraction of sp³-hybridized carbons (Fsp3) is 0.0476. The van der Waals surface area contributed by atoms with Crippen LogP contribution in [0.5, 0.6) is 0 Å². The first-order chi connectivity index (χ1) is 14.5. The van der Waals surface area contributed by atoms with Crippen LogP contribution in [0, 0.1) is 11.3 Å². The maximum Gasteiger partial charge on any atom is 0.259 e. The molecule has 4 aromatic heterocycles. The van der Waals surface area contributed by atoms with E-state index in [4.69, 9.17) is 11.0 Å². The number of rotatable bonds is 4. The zero-order valence-corrected chi connectivity index (χ0v) is 15.9. The molecule has 0 unspecified atom stereocenters. The summed E-state index contributed by atoms with van der Waals surface area (Å²) in [7, 11) is 1.61. The third kappa shape index (κ3) is 3.33. The minimum Gasteiger partial charge on any atom is -0.366 e. The number of fused-ring (bicyclic) bond motifs is 1. The van der Waals surface area contributed by atoms with E-state index < -0.39 is 5.91 Å². The highest BCUT2D eigenvalue weighted by atomic mass is 16.2. The number of pyridine rings is 3. The number of carbonyl (C=O) groups excluding carboxylic acids is 2. The Labute approximate surface area is 171 Å². The Bertz CT molecular complexity index is 1300. The molecule has 0 spiro atoms. The normalized spacial score (nSPS) is 10.5. The molecule has 30 heavy (non-hydrogen) atoms. The van der Waals surface area contributed by atoms with Crippen LogP contribution < -0.4 is 10.6 Å². The van der Waals surface area contributed by atoms with Gasteiger partial charge in [0.1, 0.15) is 11.9 Å². The summed E-state index contributed by atoms with van der Waals surface area (Å²) in [5, 5.41) is 13.2. The number of hydrogen-bond donors (Lipinski definition) is 1. The second kappa shape index (κ2) is 7.44. The number of carbonyl (C=O) groups is 2. The van der Waals surface area contributed by atoms with Gasteiger partial charge >= 0.3 is 0 Å². The molecule has 0 aliphatic rings. The van der Waals surface area contributed by atoms with Gasteiger partial charge < -0.3 is 5.73 Å². The van der Waals surface area contributed by atoms with Crippen molar-refractivity contribution in [1.29, 1.82) is 5.26 Å². The second-order valence-corrected chi connectivity index (χ2v) is 6.48. The van der Waals surface area contributed by atoms with Crippen LogP contribution in [0.2, 0.25) is 0 Å². The van der Waals surface area contributed by atoms with E-state index in [1.807, 2.05) is 6.07 Å². The van der Waals surface area contributed by atoms with Crippen LogP contribution in [0.3, 0.4) is 0 Å². The summed E-state index contributed by atoms with van der Waals surface area (Å²) in [6.45, 7) is 0. The Morgan fingerprint density at radius 1 is 1.07 bits per heavy atom. The molecule has 0 radical (unpaired) electrons. The Morgan fingerprint density at radius 2 is 1.90 bits per heavy atom. The quantitative estimate of drug-likeness (QED) is 0.561. The minimum atomic E-state index is -0.554. The lowest BCUT2D eigenvalue weighted by molar-refractivity contribution is 0.0987. The van der Waals surface area contributed by atoms with E-state index in [0.717, 1.165) is 0 Å². The first-order valence-electron chi connectivity index (χ1n) is 8.86. The number of nitriles is 1. The van der Waals surface area contributed by atoms with Crippen molar-refractivity contribution >= 4 is 23.1 Å². The number of anilines is 1. The molecule has 2 amide bonds. The summed E-state index contributed by atoms with van der Waals surface area (Å²) in [6, 6.07) is 11.9. The summed E-state index contributed by atoms with van der Waals surface area (Å²) >= 11 is 0. The monoisotopic (exact) mass is 397 g/mol. The Hall–Kier alpha value is -4.58. The first-order valence-corrected chi connectivity index (χ1v) is 8.86. The van der Waals surface area contributed by atoms with Crippen molar-refractivity contribution in [1.82, 2.24) is 19.6 Å². The number of nitrogens with two attached hydrogens (primary N) is 1. The minimum absolute atomic E-state index is 0.265. The van der Waals surface area contributed by atoms with E-state index in [1.54, 1.807) is 60.4 Å². The molecule has 2 N–H and O–H groups in total. The number of aromatic nitrogens is 4. The van der Waals surface area contributed by atoms with Crippen molar-refractivity contribution in [2.45, 2.75) is 0 Å². The van der Waals surface area contributed by atoms with Gasteiger partial charge in [0.05, 0.1) is 28.5 Å². The van der Waals surface area contributed by atoms with Crippen LogP contribution >= 0.6 is 0 Å². The van der Waals surface area contributed by atoms with Gasteiger partial charge in [-0.1, -0.05) is 0 Å². The van der Waals surface area contributed by atoms with E-state index in [-0.39, 0.29) is 5.91 Å². The predicted octanol–water partition coefficient (Wildman–Crippen LogP) is 2.04. The van der Waals surface area contributed by atoms with Crippen LogP contribution in [0.15, 0.2) is 61.2 Å². The van der Waals surface area contributed by atoms with Gasteiger partial charge in [0.2, 0.25) is 5.91 Å². The first kappa shape index (κ1) is 18.8. The van der Waals surface area contributed by atoms with Crippen LogP contribution in [-0.2, 0) is 0 Å². The molecule has 0 aliphatic carbocycles. The molecule has 9 nitrogen and oxygen atoms in total. The van der Waals surface area contributed by atoms with E-state index >= 15 is 0 Å². The number of nitrogens with zero attached hydrogens (tertiary/aromatic N) is 6. The van der Waals surface area contributed by atoms with Crippen molar-refractivity contribution in [3.63, 3.8) is 0 Å². The van der Waals surface area contributed by atoms with Gasteiger partial charge in [-0.25, -0.2) is 9.50 Å². The molecule has 4 aromatic rings. The van der Waals surface area contributed by atoms with E-state index in [0.29, 0.717) is 39.3 Å². The lowest BCUT2D eigenvalue weighted by atomic mass is 10.1. The van der Waals surface area contributed by atoms with Gasteiger partial charge in [0.15, 0.2) is 0 Å². The molecule has 0 fully saturated rings. The smallest absolute Gasteiger partial charge is 0.259 e. The predicted molar refractivity (Wildman–Crippen MR) is 109 cm³/mol. The Balaban J connectivity index is 1.68. The van der Waals surface area contributed by atoms with Gasteiger partial charge in [-0.15, -0.1) is 0 Å².